The zero-order valence-corrected chi connectivity index (χ0v) is 14.1. The Morgan fingerprint density at radius 2 is 2.00 bits per heavy atom. The van der Waals surface area contributed by atoms with Crippen molar-refractivity contribution in [1.82, 2.24) is 5.32 Å². The van der Waals surface area contributed by atoms with E-state index < -0.39 is 0 Å². The molecule has 0 radical (unpaired) electrons. The van der Waals surface area contributed by atoms with E-state index in [1.807, 2.05) is 0 Å². The summed E-state index contributed by atoms with van der Waals surface area (Å²) < 4.78 is 1.20. The molecule has 1 nitrogen and oxygen atoms in total. The lowest BCUT2D eigenvalue weighted by atomic mass is 10.00. The number of hydrogen-bond donors (Lipinski definition) is 1. The van der Waals surface area contributed by atoms with E-state index in [0.29, 0.717) is 0 Å². The molecule has 0 bridgehead atoms. The Morgan fingerprint density at radius 3 is 2.58 bits per heavy atom. The fraction of sp³-hybridized carbons (Fsp3) is 0.375. The summed E-state index contributed by atoms with van der Waals surface area (Å²) in [4.78, 5) is 1.36. The molecule has 2 rings (SSSR count). The third-order valence-corrected chi connectivity index (χ3v) is 5.31. The molecule has 1 atom stereocenters. The Morgan fingerprint density at radius 1 is 1.21 bits per heavy atom. The molecule has 0 amide bonds. The lowest BCUT2D eigenvalue weighted by molar-refractivity contribution is 0.604. The van der Waals surface area contributed by atoms with E-state index in [-0.39, 0.29) is 6.04 Å². The summed E-state index contributed by atoms with van der Waals surface area (Å²) in [5.74, 6) is 0. The molecule has 102 valence electrons. The van der Waals surface area contributed by atoms with Crippen molar-refractivity contribution in [2.45, 2.75) is 33.2 Å². The van der Waals surface area contributed by atoms with Gasteiger partial charge in [-0.15, -0.1) is 11.3 Å². The zero-order chi connectivity index (χ0) is 13.8. The van der Waals surface area contributed by atoms with E-state index in [2.05, 4.69) is 71.7 Å². The maximum Gasteiger partial charge on any atom is 0.0682 e. The van der Waals surface area contributed by atoms with Crippen molar-refractivity contribution in [2.75, 3.05) is 6.54 Å². The summed E-state index contributed by atoms with van der Waals surface area (Å²) in [6.07, 6.45) is 1.14. The molecule has 0 saturated carbocycles. The molecule has 1 aromatic carbocycles. The van der Waals surface area contributed by atoms with Gasteiger partial charge in [-0.1, -0.05) is 25.1 Å². The van der Waals surface area contributed by atoms with Crippen LogP contribution in [0.25, 0.3) is 0 Å². The fourth-order valence-electron chi connectivity index (χ4n) is 2.11. The molecular weight excluding hydrogens is 318 g/mol. The quantitative estimate of drug-likeness (QED) is 0.788. The highest BCUT2D eigenvalue weighted by atomic mass is 79.9. The molecule has 0 fully saturated rings. The van der Waals surface area contributed by atoms with Gasteiger partial charge in [0.25, 0.3) is 0 Å². The summed E-state index contributed by atoms with van der Waals surface area (Å²) in [6, 6.07) is 9.17. The number of nitrogens with one attached hydrogen (secondary N) is 1. The van der Waals surface area contributed by atoms with Gasteiger partial charge in [0.15, 0.2) is 0 Å². The minimum atomic E-state index is 0.286. The molecule has 1 aromatic heterocycles. The maximum absolute atomic E-state index is 3.66. The van der Waals surface area contributed by atoms with Gasteiger partial charge in [0.05, 0.1) is 6.04 Å². The van der Waals surface area contributed by atoms with E-state index in [1.165, 1.54) is 26.0 Å². The molecule has 3 heteroatoms. The van der Waals surface area contributed by atoms with Crippen LogP contribution in [0.1, 0.15) is 41.0 Å². The van der Waals surface area contributed by atoms with Crippen LogP contribution in [0.2, 0.25) is 0 Å². The first kappa shape index (κ1) is 14.8. The van der Waals surface area contributed by atoms with Gasteiger partial charge in [-0.25, -0.2) is 0 Å². The first-order chi connectivity index (χ1) is 9.13. The SMILES string of the molecule is CCCNC(c1ccc(C)c(C)c1)c1sccc1Br. The molecular formula is C16H20BrNS. The Bertz CT molecular complexity index is 547. The summed E-state index contributed by atoms with van der Waals surface area (Å²) in [7, 11) is 0. The van der Waals surface area contributed by atoms with E-state index in [0.717, 1.165) is 13.0 Å². The van der Waals surface area contributed by atoms with Crippen LogP contribution in [0.4, 0.5) is 0 Å². The Kier molecular flexibility index (Phi) is 5.20. The molecule has 0 saturated heterocycles. The molecule has 19 heavy (non-hydrogen) atoms. The molecule has 0 aliphatic heterocycles. The number of thiophene rings is 1. The van der Waals surface area contributed by atoms with Crippen molar-refractivity contribution in [1.29, 1.82) is 0 Å². The van der Waals surface area contributed by atoms with Gasteiger partial charge < -0.3 is 5.32 Å². The predicted octanol–water partition coefficient (Wildman–Crippen LogP) is 5.22. The second-order valence-electron chi connectivity index (χ2n) is 4.86. The average Bonchev–Trinajstić information content (AvgIpc) is 2.80. The molecule has 0 aliphatic carbocycles. The average molecular weight is 338 g/mol. The van der Waals surface area contributed by atoms with Gasteiger partial charge >= 0.3 is 0 Å². The molecule has 1 heterocycles. The fourth-order valence-corrected chi connectivity index (χ4v) is 3.81. The van der Waals surface area contributed by atoms with Crippen molar-refractivity contribution in [3.63, 3.8) is 0 Å². The minimum absolute atomic E-state index is 0.286. The van der Waals surface area contributed by atoms with Gasteiger partial charge in [-0.2, -0.15) is 0 Å². The lowest BCUT2D eigenvalue weighted by Gasteiger charge is -2.19. The summed E-state index contributed by atoms with van der Waals surface area (Å²) in [5, 5.41) is 5.80. The van der Waals surface area contributed by atoms with Crippen LogP contribution >= 0.6 is 27.3 Å². The Hall–Kier alpha value is -0.640. The van der Waals surface area contributed by atoms with E-state index in [1.54, 1.807) is 11.3 Å². The topological polar surface area (TPSA) is 12.0 Å². The van der Waals surface area contributed by atoms with Gasteiger partial charge in [0, 0.05) is 9.35 Å². The second-order valence-corrected chi connectivity index (χ2v) is 6.67. The zero-order valence-electron chi connectivity index (χ0n) is 11.7. The van der Waals surface area contributed by atoms with Gasteiger partial charge in [-0.3, -0.25) is 0 Å². The smallest absolute Gasteiger partial charge is 0.0682 e. The third kappa shape index (κ3) is 3.47. The van der Waals surface area contributed by atoms with Crippen LogP contribution in [-0.4, -0.2) is 6.54 Å². The largest absolute Gasteiger partial charge is 0.306 e. The van der Waals surface area contributed by atoms with Crippen LogP contribution in [0, 0.1) is 13.8 Å². The van der Waals surface area contributed by atoms with Gasteiger partial charge in [-0.05, 0) is 70.9 Å². The second kappa shape index (κ2) is 6.69. The first-order valence-corrected chi connectivity index (χ1v) is 8.34. The number of hydrogen-bond acceptors (Lipinski definition) is 2. The van der Waals surface area contributed by atoms with Gasteiger partial charge in [0.2, 0.25) is 0 Å². The van der Waals surface area contributed by atoms with Crippen molar-refractivity contribution >= 4 is 27.3 Å². The maximum atomic E-state index is 3.66. The number of halogens is 1. The van der Waals surface area contributed by atoms with Crippen LogP contribution in [-0.2, 0) is 0 Å². The number of rotatable bonds is 5. The molecule has 1 N–H and O–H groups in total. The first-order valence-electron chi connectivity index (χ1n) is 6.67. The molecule has 0 aliphatic rings. The van der Waals surface area contributed by atoms with E-state index in [4.69, 9.17) is 0 Å². The lowest BCUT2D eigenvalue weighted by Crippen LogP contribution is -2.22. The monoisotopic (exact) mass is 337 g/mol. The van der Waals surface area contributed by atoms with Crippen molar-refractivity contribution in [2.24, 2.45) is 0 Å². The van der Waals surface area contributed by atoms with Crippen molar-refractivity contribution in [3.05, 3.63) is 55.7 Å². The summed E-state index contributed by atoms with van der Waals surface area (Å²) in [6.45, 7) is 7.57. The highest BCUT2D eigenvalue weighted by Crippen LogP contribution is 2.33. The van der Waals surface area contributed by atoms with E-state index in [9.17, 15) is 0 Å². The van der Waals surface area contributed by atoms with Crippen molar-refractivity contribution in [3.8, 4) is 0 Å². The van der Waals surface area contributed by atoms with Crippen LogP contribution < -0.4 is 5.32 Å². The van der Waals surface area contributed by atoms with Crippen molar-refractivity contribution < 1.29 is 0 Å². The normalized spacial score (nSPS) is 12.6. The highest BCUT2D eigenvalue weighted by molar-refractivity contribution is 9.10. The summed E-state index contributed by atoms with van der Waals surface area (Å²) >= 11 is 5.46. The third-order valence-electron chi connectivity index (χ3n) is 3.37. The predicted molar refractivity (Wildman–Crippen MR) is 88.1 cm³/mol. The molecule has 0 spiro atoms. The molecule has 2 aromatic rings. The van der Waals surface area contributed by atoms with Crippen LogP contribution in [0.15, 0.2) is 34.1 Å². The number of benzene rings is 1. The standard InChI is InChI=1S/C16H20BrNS/c1-4-8-18-15(16-14(17)7-9-19-16)13-6-5-11(2)12(3)10-13/h5-7,9-10,15,18H,4,8H2,1-3H3. The van der Waals surface area contributed by atoms with Gasteiger partial charge in [0.1, 0.15) is 0 Å². The van der Waals surface area contributed by atoms with Crippen LogP contribution in [0.5, 0.6) is 0 Å². The number of aryl methyl sites for hydroxylation is 2. The Balaban J connectivity index is 2.37. The highest BCUT2D eigenvalue weighted by Gasteiger charge is 2.17. The Labute approximate surface area is 128 Å². The molecule has 1 unspecified atom stereocenters. The summed E-state index contributed by atoms with van der Waals surface area (Å²) in [5.41, 5.74) is 4.05. The van der Waals surface area contributed by atoms with Crippen LogP contribution in [0.3, 0.4) is 0 Å². The minimum Gasteiger partial charge on any atom is -0.306 e. The van der Waals surface area contributed by atoms with E-state index >= 15 is 0 Å².